The Morgan fingerprint density at radius 2 is 1.91 bits per heavy atom. The first-order valence-electron chi connectivity index (χ1n) is 11.8. The van der Waals surface area contributed by atoms with Gasteiger partial charge in [0, 0.05) is 64.1 Å². The molecule has 34 heavy (non-hydrogen) atoms. The molecule has 2 saturated heterocycles. The summed E-state index contributed by atoms with van der Waals surface area (Å²) in [6, 6.07) is 0.0423. The van der Waals surface area contributed by atoms with E-state index in [1.165, 1.54) is 11.4 Å². The van der Waals surface area contributed by atoms with Crippen molar-refractivity contribution >= 4 is 27.1 Å². The molecule has 2 aliphatic heterocycles. The van der Waals surface area contributed by atoms with Crippen LogP contribution in [0.2, 0.25) is 0 Å². The Morgan fingerprint density at radius 3 is 2.59 bits per heavy atom. The van der Waals surface area contributed by atoms with Crippen LogP contribution in [0.1, 0.15) is 44.1 Å². The van der Waals surface area contributed by atoms with E-state index in [2.05, 4.69) is 20.0 Å². The number of hydrogen-bond acceptors (Lipinski definition) is 9. The highest BCUT2D eigenvalue weighted by molar-refractivity contribution is 7.87. The molecule has 0 saturated carbocycles. The zero-order chi connectivity index (χ0) is 24.1. The smallest absolute Gasteiger partial charge is 0.279 e. The molecule has 0 unspecified atom stereocenters. The maximum absolute atomic E-state index is 12.2. The molecule has 2 aromatic rings. The molecule has 188 valence electrons. The van der Waals surface area contributed by atoms with Crippen molar-refractivity contribution in [2.45, 2.75) is 50.7 Å². The highest BCUT2D eigenvalue weighted by Gasteiger charge is 2.30. The summed E-state index contributed by atoms with van der Waals surface area (Å²) < 4.78 is 45.1. The lowest BCUT2D eigenvalue weighted by atomic mass is 9.90. The van der Waals surface area contributed by atoms with Crippen molar-refractivity contribution in [3.8, 4) is 5.88 Å². The Kier molecular flexibility index (Phi) is 8.14. The number of ether oxygens (including phenoxy) is 3. The molecule has 0 bridgehead atoms. The molecule has 12 heteroatoms. The van der Waals surface area contributed by atoms with E-state index in [9.17, 15) is 8.42 Å². The van der Waals surface area contributed by atoms with E-state index in [4.69, 9.17) is 19.2 Å². The van der Waals surface area contributed by atoms with Crippen molar-refractivity contribution in [1.82, 2.24) is 24.0 Å². The van der Waals surface area contributed by atoms with Crippen LogP contribution in [0.4, 0.5) is 5.95 Å². The molecule has 2 fully saturated rings. The van der Waals surface area contributed by atoms with Crippen molar-refractivity contribution in [1.29, 1.82) is 0 Å². The van der Waals surface area contributed by atoms with Gasteiger partial charge in [-0.2, -0.15) is 12.7 Å². The van der Waals surface area contributed by atoms with Gasteiger partial charge in [-0.25, -0.2) is 19.7 Å². The van der Waals surface area contributed by atoms with Gasteiger partial charge in [0.2, 0.25) is 11.8 Å². The molecule has 4 heterocycles. The second kappa shape index (κ2) is 11.1. The third kappa shape index (κ3) is 5.74. The quantitative estimate of drug-likeness (QED) is 0.535. The summed E-state index contributed by atoms with van der Waals surface area (Å²) in [6.45, 7) is 4.77. The average molecular weight is 495 g/mol. The summed E-state index contributed by atoms with van der Waals surface area (Å²) in [5, 5.41) is 4.04. The van der Waals surface area contributed by atoms with Crippen LogP contribution in [-0.4, -0.2) is 86.9 Å². The monoisotopic (exact) mass is 494 g/mol. The molecule has 11 nitrogen and oxygen atoms in total. The minimum atomic E-state index is -3.43. The molecule has 0 radical (unpaired) electrons. The van der Waals surface area contributed by atoms with E-state index in [-0.39, 0.29) is 18.1 Å². The van der Waals surface area contributed by atoms with E-state index in [1.807, 2.05) is 13.1 Å². The molecule has 0 amide bonds. The van der Waals surface area contributed by atoms with Crippen LogP contribution in [-0.2, 0) is 19.7 Å². The Morgan fingerprint density at radius 1 is 1.18 bits per heavy atom. The van der Waals surface area contributed by atoms with E-state index >= 15 is 0 Å². The molecule has 1 atom stereocenters. The second-order valence-corrected chi connectivity index (χ2v) is 10.7. The Labute approximate surface area is 200 Å². The topological polar surface area (TPSA) is 128 Å². The fraction of sp³-hybridized carbons (Fsp3) is 0.682. The number of aromatic nitrogens is 3. The molecule has 2 aliphatic rings. The highest BCUT2D eigenvalue weighted by atomic mass is 32.2. The standard InChI is InChI=1S/C22H34N6O5S/c1-15(14-31-3)26-22-25-13-19-20(27-22)18(12-24-21(19)33-17-6-10-32-11-7-17)16-4-8-28(9-5-16)34(29,30)23-2/h12-13,15-17,23H,4-11,14H2,1-3H3,(H,25,26,27)/t15-/m0/s1. The van der Waals surface area contributed by atoms with Gasteiger partial charge in [0.15, 0.2) is 0 Å². The van der Waals surface area contributed by atoms with Gasteiger partial charge in [0.1, 0.15) is 6.10 Å². The summed E-state index contributed by atoms with van der Waals surface area (Å²) in [6.07, 6.45) is 6.64. The van der Waals surface area contributed by atoms with E-state index in [0.717, 1.165) is 29.3 Å². The number of methoxy groups -OCH3 is 1. The van der Waals surface area contributed by atoms with Gasteiger partial charge in [-0.15, -0.1) is 0 Å². The summed E-state index contributed by atoms with van der Waals surface area (Å²) >= 11 is 0. The Hall–Kier alpha value is -2.12. The van der Waals surface area contributed by atoms with Crippen molar-refractivity contribution in [2.24, 2.45) is 0 Å². The van der Waals surface area contributed by atoms with Crippen LogP contribution in [0, 0.1) is 0 Å². The first-order chi connectivity index (χ1) is 16.4. The average Bonchev–Trinajstić information content (AvgIpc) is 2.85. The summed E-state index contributed by atoms with van der Waals surface area (Å²) in [5.74, 6) is 1.17. The lowest BCUT2D eigenvalue weighted by molar-refractivity contribution is 0.0244. The lowest BCUT2D eigenvalue weighted by Gasteiger charge is -2.31. The molecule has 0 aliphatic carbocycles. The first-order valence-corrected chi connectivity index (χ1v) is 13.2. The number of nitrogens with zero attached hydrogens (tertiary/aromatic N) is 4. The third-order valence-corrected chi connectivity index (χ3v) is 7.90. The zero-order valence-electron chi connectivity index (χ0n) is 20.0. The minimum Gasteiger partial charge on any atom is -0.474 e. The van der Waals surface area contributed by atoms with Crippen molar-refractivity contribution < 1.29 is 22.6 Å². The minimum absolute atomic E-state index is 0.0423. The van der Waals surface area contributed by atoms with E-state index in [0.29, 0.717) is 57.6 Å². The first kappa shape index (κ1) is 25.0. The molecule has 4 rings (SSSR count). The number of nitrogens with one attached hydrogen (secondary N) is 2. The predicted molar refractivity (Wildman–Crippen MR) is 128 cm³/mol. The van der Waals surface area contributed by atoms with Crippen molar-refractivity contribution in [3.63, 3.8) is 0 Å². The molecule has 2 N–H and O–H groups in total. The lowest BCUT2D eigenvalue weighted by Crippen LogP contribution is -2.43. The molecule has 0 spiro atoms. The maximum atomic E-state index is 12.2. The van der Waals surface area contributed by atoms with E-state index in [1.54, 1.807) is 13.3 Å². The highest BCUT2D eigenvalue weighted by Crippen LogP contribution is 2.36. The van der Waals surface area contributed by atoms with Gasteiger partial charge in [0.05, 0.1) is 30.7 Å². The van der Waals surface area contributed by atoms with Gasteiger partial charge >= 0.3 is 0 Å². The zero-order valence-corrected chi connectivity index (χ0v) is 20.8. The molecular weight excluding hydrogens is 460 g/mol. The molecule has 0 aromatic carbocycles. The molecular formula is C22H34N6O5S. The van der Waals surface area contributed by atoms with Crippen molar-refractivity contribution in [2.75, 3.05) is 52.4 Å². The number of anilines is 1. The predicted octanol–water partition coefficient (Wildman–Crippen LogP) is 1.67. The number of piperidine rings is 1. The van der Waals surface area contributed by atoms with Crippen LogP contribution in [0.3, 0.4) is 0 Å². The maximum Gasteiger partial charge on any atom is 0.279 e. The van der Waals surface area contributed by atoms with Gasteiger partial charge < -0.3 is 19.5 Å². The third-order valence-electron chi connectivity index (χ3n) is 6.34. The number of hydrogen-bond donors (Lipinski definition) is 2. The van der Waals surface area contributed by atoms with Crippen LogP contribution < -0.4 is 14.8 Å². The van der Waals surface area contributed by atoms with E-state index < -0.39 is 10.2 Å². The SMILES string of the molecule is CNS(=O)(=O)N1CCC(c2cnc(OC3CCOCC3)c3cnc(N[C@@H](C)COC)nc23)CC1. The fourth-order valence-corrected chi connectivity index (χ4v) is 5.43. The van der Waals surface area contributed by atoms with Gasteiger partial charge in [-0.3, -0.25) is 0 Å². The summed E-state index contributed by atoms with van der Waals surface area (Å²) in [7, 11) is -0.335. The van der Waals surface area contributed by atoms with Gasteiger partial charge in [-0.05, 0) is 25.7 Å². The normalized spacial score (nSPS) is 19.9. The van der Waals surface area contributed by atoms with Gasteiger partial charge in [0.25, 0.3) is 10.2 Å². The number of rotatable bonds is 9. The van der Waals surface area contributed by atoms with Crippen LogP contribution in [0.5, 0.6) is 5.88 Å². The largest absolute Gasteiger partial charge is 0.474 e. The summed E-state index contributed by atoms with van der Waals surface area (Å²) in [5.41, 5.74) is 1.77. The summed E-state index contributed by atoms with van der Waals surface area (Å²) in [4.78, 5) is 14.0. The number of pyridine rings is 1. The molecule has 2 aromatic heterocycles. The van der Waals surface area contributed by atoms with Crippen LogP contribution in [0.15, 0.2) is 12.4 Å². The van der Waals surface area contributed by atoms with Crippen LogP contribution >= 0.6 is 0 Å². The van der Waals surface area contributed by atoms with Crippen molar-refractivity contribution in [3.05, 3.63) is 18.0 Å². The van der Waals surface area contributed by atoms with Gasteiger partial charge in [-0.1, -0.05) is 0 Å². The second-order valence-electron chi connectivity index (χ2n) is 8.79. The Bertz CT molecular complexity index is 1070. The fourth-order valence-electron chi connectivity index (χ4n) is 4.48. The van der Waals surface area contributed by atoms with Crippen LogP contribution in [0.25, 0.3) is 10.9 Å². The Balaban J connectivity index is 1.64. The number of fused-ring (bicyclic) bond motifs is 1.